The van der Waals surface area contributed by atoms with Gasteiger partial charge >= 0.3 is 11.7 Å². The van der Waals surface area contributed by atoms with E-state index in [0.29, 0.717) is 0 Å². The number of hydrogen-bond acceptors (Lipinski definition) is 5. The van der Waals surface area contributed by atoms with Crippen LogP contribution in [0.4, 0.5) is 10.1 Å². The maximum atomic E-state index is 13.1. The number of carboxylic acids is 1. The third-order valence-corrected chi connectivity index (χ3v) is 2.98. The summed E-state index contributed by atoms with van der Waals surface area (Å²) >= 11 is 3.04. The molecule has 0 unspecified atom stereocenters. The molecule has 0 fully saturated rings. The maximum absolute atomic E-state index is 13.1. The third-order valence-electron chi connectivity index (χ3n) is 2.41. The minimum absolute atomic E-state index is 0.164. The number of nitrogens with zero attached hydrogens (tertiary/aromatic N) is 2. The highest BCUT2D eigenvalue weighted by atomic mass is 79.9. The number of carbonyl (C=O) groups is 1. The minimum atomic E-state index is -1.42. The molecule has 1 heterocycles. The van der Waals surface area contributed by atoms with Crippen molar-refractivity contribution in [3.05, 3.63) is 56.6 Å². The Morgan fingerprint density at radius 3 is 2.76 bits per heavy atom. The van der Waals surface area contributed by atoms with Gasteiger partial charge in [0.05, 0.1) is 9.40 Å². The Labute approximate surface area is 125 Å². The molecule has 0 aliphatic heterocycles. The number of aromatic carboxylic acids is 1. The average Bonchev–Trinajstić information content (AvgIpc) is 2.42. The van der Waals surface area contributed by atoms with Gasteiger partial charge in [0.15, 0.2) is 0 Å². The molecule has 0 atom stereocenters. The molecule has 108 valence electrons. The Hall–Kier alpha value is -2.55. The first kappa shape index (κ1) is 14.9. The lowest BCUT2D eigenvalue weighted by molar-refractivity contribution is -0.386. The summed E-state index contributed by atoms with van der Waals surface area (Å²) in [4.78, 5) is 24.9. The zero-order chi connectivity index (χ0) is 15.6. The van der Waals surface area contributed by atoms with Gasteiger partial charge in [-0.1, -0.05) is 0 Å². The molecule has 2 rings (SSSR count). The molecule has 0 saturated carbocycles. The number of halogens is 2. The van der Waals surface area contributed by atoms with E-state index < -0.39 is 28.0 Å². The van der Waals surface area contributed by atoms with Gasteiger partial charge in [-0.05, 0) is 34.1 Å². The number of rotatable bonds is 4. The molecule has 7 nitrogen and oxygen atoms in total. The molecular weight excluding hydrogens is 351 g/mol. The van der Waals surface area contributed by atoms with Gasteiger partial charge in [0.25, 0.3) is 0 Å². The van der Waals surface area contributed by atoms with Crippen molar-refractivity contribution in [3.8, 4) is 11.5 Å². The van der Waals surface area contributed by atoms with E-state index in [0.717, 1.165) is 24.4 Å². The van der Waals surface area contributed by atoms with Crippen LogP contribution in [-0.2, 0) is 0 Å². The molecule has 0 radical (unpaired) electrons. The minimum Gasteiger partial charge on any atom is -0.478 e. The molecule has 1 aromatic heterocycles. The number of benzene rings is 1. The van der Waals surface area contributed by atoms with Crippen LogP contribution in [0, 0.1) is 15.9 Å². The first-order valence-corrected chi connectivity index (χ1v) is 6.18. The Balaban J connectivity index is 2.53. The predicted molar refractivity (Wildman–Crippen MR) is 72.0 cm³/mol. The fourth-order valence-electron chi connectivity index (χ4n) is 1.51. The molecule has 0 spiro atoms. The van der Waals surface area contributed by atoms with Gasteiger partial charge in [-0.3, -0.25) is 15.1 Å². The van der Waals surface area contributed by atoms with E-state index in [1.165, 1.54) is 6.20 Å². The molecule has 1 aromatic carbocycles. The van der Waals surface area contributed by atoms with E-state index >= 15 is 0 Å². The lowest BCUT2D eigenvalue weighted by Crippen LogP contribution is -2.02. The van der Waals surface area contributed by atoms with Crippen molar-refractivity contribution in [1.82, 2.24) is 4.98 Å². The molecular formula is C12H6BrFN2O5. The number of aromatic nitrogens is 1. The molecule has 0 aliphatic carbocycles. The molecule has 1 N–H and O–H groups in total. The summed E-state index contributed by atoms with van der Waals surface area (Å²) in [6, 6.07) is 2.83. The first-order valence-electron chi connectivity index (χ1n) is 5.38. The fraction of sp³-hybridized carbons (Fsp3) is 0. The monoisotopic (exact) mass is 356 g/mol. The van der Waals surface area contributed by atoms with Gasteiger partial charge in [-0.2, -0.15) is 0 Å². The molecule has 0 bridgehead atoms. The van der Waals surface area contributed by atoms with Crippen molar-refractivity contribution in [2.24, 2.45) is 0 Å². The largest absolute Gasteiger partial charge is 0.478 e. The molecule has 21 heavy (non-hydrogen) atoms. The topological polar surface area (TPSA) is 103 Å². The van der Waals surface area contributed by atoms with E-state index in [4.69, 9.17) is 9.84 Å². The van der Waals surface area contributed by atoms with Crippen molar-refractivity contribution >= 4 is 27.6 Å². The van der Waals surface area contributed by atoms with E-state index in [-0.39, 0.29) is 16.0 Å². The van der Waals surface area contributed by atoms with Crippen LogP contribution in [-0.4, -0.2) is 21.0 Å². The summed E-state index contributed by atoms with van der Waals surface area (Å²) in [7, 11) is 0. The van der Waals surface area contributed by atoms with Crippen LogP contribution in [0.5, 0.6) is 11.5 Å². The van der Waals surface area contributed by atoms with E-state index in [1.54, 1.807) is 0 Å². The highest BCUT2D eigenvalue weighted by Crippen LogP contribution is 2.38. The van der Waals surface area contributed by atoms with Crippen LogP contribution in [0.15, 0.2) is 35.1 Å². The highest BCUT2D eigenvalue weighted by Gasteiger charge is 2.22. The van der Waals surface area contributed by atoms with Crippen LogP contribution in [0.25, 0.3) is 0 Å². The molecule has 0 aliphatic rings. The van der Waals surface area contributed by atoms with Crippen molar-refractivity contribution in [1.29, 1.82) is 0 Å². The third kappa shape index (κ3) is 3.14. The van der Waals surface area contributed by atoms with Gasteiger partial charge in [-0.15, -0.1) is 0 Å². The van der Waals surface area contributed by atoms with Crippen molar-refractivity contribution < 1.29 is 24.0 Å². The number of ether oxygens (including phenoxy) is 1. The summed E-state index contributed by atoms with van der Waals surface area (Å²) in [5.41, 5.74) is -0.905. The normalized spacial score (nSPS) is 10.2. The van der Waals surface area contributed by atoms with Gasteiger partial charge in [-0.25, -0.2) is 9.18 Å². The first-order chi connectivity index (χ1) is 9.90. The Morgan fingerprint density at radius 1 is 1.43 bits per heavy atom. The second-order valence-electron chi connectivity index (χ2n) is 3.77. The fourth-order valence-corrected chi connectivity index (χ4v) is 1.91. The van der Waals surface area contributed by atoms with Crippen LogP contribution in [0.2, 0.25) is 0 Å². The Kier molecular flexibility index (Phi) is 4.13. The number of hydrogen-bond donors (Lipinski definition) is 1. The van der Waals surface area contributed by atoms with Gasteiger partial charge in [0, 0.05) is 6.20 Å². The number of nitro groups is 1. The summed E-state index contributed by atoms with van der Waals surface area (Å²) in [5, 5.41) is 19.9. The van der Waals surface area contributed by atoms with Crippen molar-refractivity contribution in [3.63, 3.8) is 0 Å². The zero-order valence-electron chi connectivity index (χ0n) is 10.1. The number of carboxylic acid groups (broad SMARTS) is 1. The molecule has 0 amide bonds. The summed E-state index contributed by atoms with van der Waals surface area (Å²) in [6.07, 6.45) is 2.22. The van der Waals surface area contributed by atoms with Gasteiger partial charge in [0.2, 0.25) is 5.75 Å². The quantitative estimate of drug-likeness (QED) is 0.665. The Bertz CT molecular complexity index is 738. The predicted octanol–water partition coefficient (Wildman–Crippen LogP) is 3.38. The van der Waals surface area contributed by atoms with E-state index in [2.05, 4.69) is 20.9 Å². The lowest BCUT2D eigenvalue weighted by Gasteiger charge is -2.10. The maximum Gasteiger partial charge on any atom is 0.339 e. The lowest BCUT2D eigenvalue weighted by atomic mass is 10.2. The van der Waals surface area contributed by atoms with E-state index in [1.807, 2.05) is 0 Å². The zero-order valence-corrected chi connectivity index (χ0v) is 11.7. The Morgan fingerprint density at radius 2 is 2.14 bits per heavy atom. The van der Waals surface area contributed by atoms with Crippen LogP contribution >= 0.6 is 15.9 Å². The molecule has 2 aromatic rings. The van der Waals surface area contributed by atoms with Gasteiger partial charge in [0.1, 0.15) is 23.3 Å². The number of pyridine rings is 1. The van der Waals surface area contributed by atoms with Gasteiger partial charge < -0.3 is 9.84 Å². The summed E-state index contributed by atoms with van der Waals surface area (Å²) in [6.45, 7) is 0. The van der Waals surface area contributed by atoms with Crippen LogP contribution in [0.3, 0.4) is 0 Å². The standard InChI is InChI=1S/C12H6BrFN2O5/c13-8-4-15-5-9(16(19)20)11(8)21-10-2-1-6(14)3-7(10)12(17)18/h1-5H,(H,17,18). The second-order valence-corrected chi connectivity index (χ2v) is 4.63. The van der Waals surface area contributed by atoms with Crippen LogP contribution < -0.4 is 4.74 Å². The highest BCUT2D eigenvalue weighted by molar-refractivity contribution is 9.10. The summed E-state index contributed by atoms with van der Waals surface area (Å²) in [5.74, 6) is -2.62. The van der Waals surface area contributed by atoms with Crippen LogP contribution in [0.1, 0.15) is 10.4 Å². The van der Waals surface area contributed by atoms with E-state index in [9.17, 15) is 19.3 Å². The van der Waals surface area contributed by atoms with Crippen molar-refractivity contribution in [2.45, 2.75) is 0 Å². The second kappa shape index (κ2) is 5.83. The molecule has 9 heteroatoms. The average molecular weight is 357 g/mol. The van der Waals surface area contributed by atoms with Crippen molar-refractivity contribution in [2.75, 3.05) is 0 Å². The summed E-state index contributed by atoms with van der Waals surface area (Å²) < 4.78 is 18.5. The molecule has 0 saturated heterocycles. The smallest absolute Gasteiger partial charge is 0.339 e. The SMILES string of the molecule is O=C(O)c1cc(F)ccc1Oc1c(Br)cncc1[N+](=O)[O-].